The van der Waals surface area contributed by atoms with Crippen molar-refractivity contribution in [2.75, 3.05) is 13.3 Å². The number of ether oxygens (including phenoxy) is 2. The molecule has 1 fully saturated rings. The van der Waals surface area contributed by atoms with Gasteiger partial charge in [-0.05, 0) is 37.9 Å². The first-order valence-electron chi connectivity index (χ1n) is 10.1. The van der Waals surface area contributed by atoms with Crippen molar-refractivity contribution in [1.82, 2.24) is 19.6 Å². The van der Waals surface area contributed by atoms with Crippen LogP contribution < -0.4 is 14.8 Å². The summed E-state index contributed by atoms with van der Waals surface area (Å²) in [6, 6.07) is 3.96. The topological polar surface area (TPSA) is 68.1 Å². The van der Waals surface area contributed by atoms with Crippen LogP contribution in [0.1, 0.15) is 35.4 Å². The van der Waals surface area contributed by atoms with E-state index in [1.807, 2.05) is 21.6 Å². The highest BCUT2D eigenvalue weighted by atomic mass is 35.5. The lowest BCUT2D eigenvalue weighted by Crippen LogP contribution is -2.34. The zero-order valence-electron chi connectivity index (χ0n) is 16.7. The second kappa shape index (κ2) is 8.09. The minimum atomic E-state index is 0.214. The van der Waals surface area contributed by atoms with E-state index in [-0.39, 0.29) is 18.7 Å². The van der Waals surface area contributed by atoms with Gasteiger partial charge in [0.1, 0.15) is 0 Å². The van der Waals surface area contributed by atoms with Crippen molar-refractivity contribution in [1.29, 1.82) is 0 Å². The lowest BCUT2D eigenvalue weighted by atomic mass is 10.1. The Kier molecular flexibility index (Phi) is 5.30. The number of nitrogens with one attached hydrogen (secondary N) is 1. The van der Waals surface area contributed by atoms with E-state index >= 15 is 0 Å². The highest BCUT2D eigenvalue weighted by molar-refractivity contribution is 7.16. The Hall–Kier alpha value is -2.29. The molecule has 1 saturated heterocycles. The summed E-state index contributed by atoms with van der Waals surface area (Å²) in [4.78, 5) is 21.3. The molecular weight excluding hydrogens is 424 g/mol. The molecule has 1 atom stereocenters. The molecule has 0 aliphatic carbocycles. The molecule has 2 aliphatic heterocycles. The van der Waals surface area contributed by atoms with Crippen LogP contribution >= 0.6 is 22.9 Å². The molecule has 4 heterocycles. The molecule has 0 spiro atoms. The summed E-state index contributed by atoms with van der Waals surface area (Å²) in [5, 5.41) is 4.11. The molecule has 1 N–H and O–H groups in total. The number of benzene rings is 1. The fraction of sp³-hybridized carbons (Fsp3) is 0.429. The lowest BCUT2D eigenvalue weighted by Gasteiger charge is -2.24. The molecular formula is C21H23ClN4O3S. The van der Waals surface area contributed by atoms with E-state index in [9.17, 15) is 4.79 Å². The molecule has 0 bridgehead atoms. The van der Waals surface area contributed by atoms with Crippen molar-refractivity contribution in [3.8, 4) is 11.5 Å². The zero-order valence-corrected chi connectivity index (χ0v) is 18.3. The summed E-state index contributed by atoms with van der Waals surface area (Å²) >= 11 is 8.01. The van der Waals surface area contributed by atoms with Crippen molar-refractivity contribution >= 4 is 33.8 Å². The third kappa shape index (κ3) is 3.87. The van der Waals surface area contributed by atoms with Crippen molar-refractivity contribution in [2.45, 2.75) is 45.3 Å². The second-order valence-electron chi connectivity index (χ2n) is 7.74. The van der Waals surface area contributed by atoms with Gasteiger partial charge in [0.15, 0.2) is 16.5 Å². The molecule has 3 aromatic rings. The van der Waals surface area contributed by atoms with Crippen LogP contribution in [0.4, 0.5) is 0 Å². The molecule has 0 radical (unpaired) electrons. The van der Waals surface area contributed by atoms with Crippen LogP contribution in [0.3, 0.4) is 0 Å². The molecule has 30 heavy (non-hydrogen) atoms. The van der Waals surface area contributed by atoms with Gasteiger partial charge in [0, 0.05) is 47.4 Å². The standard InChI is InChI=1S/C21H23ClN4O3S/c1-13-9-25-10-15(24-21(25)30-13)11-26-16(2-3-20(26)27)4-5-23-8-14-6-18-19(7-17(14)22)29-12-28-18/h6-7,9-10,16,23H,2-5,8,11-12H2,1H3/t16-/m1/s1. The van der Waals surface area contributed by atoms with Gasteiger partial charge in [-0.15, -0.1) is 11.3 Å². The summed E-state index contributed by atoms with van der Waals surface area (Å²) in [6.07, 6.45) is 6.51. The maximum Gasteiger partial charge on any atom is 0.231 e. The van der Waals surface area contributed by atoms with Gasteiger partial charge < -0.3 is 19.7 Å². The molecule has 2 aliphatic rings. The largest absolute Gasteiger partial charge is 0.454 e. The van der Waals surface area contributed by atoms with Crippen molar-refractivity contribution in [3.63, 3.8) is 0 Å². The Morgan fingerprint density at radius 2 is 2.13 bits per heavy atom. The van der Waals surface area contributed by atoms with Crippen LogP contribution in [-0.2, 0) is 17.9 Å². The van der Waals surface area contributed by atoms with E-state index in [4.69, 9.17) is 21.1 Å². The second-order valence-corrected chi connectivity index (χ2v) is 9.36. The van der Waals surface area contributed by atoms with Gasteiger partial charge in [-0.2, -0.15) is 0 Å². The maximum absolute atomic E-state index is 12.4. The summed E-state index contributed by atoms with van der Waals surface area (Å²) in [5.74, 6) is 1.64. The molecule has 1 aromatic carbocycles. The molecule has 9 heteroatoms. The summed E-state index contributed by atoms with van der Waals surface area (Å²) in [7, 11) is 0. The number of nitrogens with zero attached hydrogens (tertiary/aromatic N) is 3. The van der Waals surface area contributed by atoms with Gasteiger partial charge in [0.25, 0.3) is 0 Å². The first-order chi connectivity index (χ1) is 14.6. The number of thiazole rings is 1. The normalized spacial score (nSPS) is 18.1. The summed E-state index contributed by atoms with van der Waals surface area (Å²) < 4.78 is 12.8. The first-order valence-corrected chi connectivity index (χ1v) is 11.3. The smallest absolute Gasteiger partial charge is 0.231 e. The third-order valence-electron chi connectivity index (χ3n) is 5.62. The zero-order chi connectivity index (χ0) is 20.7. The van der Waals surface area contributed by atoms with Crippen LogP contribution in [-0.4, -0.2) is 39.6 Å². The number of hydrogen-bond donors (Lipinski definition) is 1. The minimum absolute atomic E-state index is 0.214. The maximum atomic E-state index is 12.4. The Morgan fingerprint density at radius 3 is 2.97 bits per heavy atom. The number of hydrogen-bond acceptors (Lipinski definition) is 6. The summed E-state index contributed by atoms with van der Waals surface area (Å²) in [6.45, 7) is 4.33. The number of fused-ring (bicyclic) bond motifs is 2. The lowest BCUT2D eigenvalue weighted by molar-refractivity contribution is -0.129. The number of halogens is 1. The van der Waals surface area contributed by atoms with Gasteiger partial charge in [-0.25, -0.2) is 4.98 Å². The van der Waals surface area contributed by atoms with E-state index in [0.717, 1.165) is 41.4 Å². The van der Waals surface area contributed by atoms with E-state index in [2.05, 4.69) is 23.4 Å². The van der Waals surface area contributed by atoms with E-state index in [0.29, 0.717) is 30.3 Å². The Balaban J connectivity index is 1.16. The van der Waals surface area contributed by atoms with Crippen LogP contribution in [0, 0.1) is 6.92 Å². The van der Waals surface area contributed by atoms with E-state index in [1.54, 1.807) is 17.4 Å². The predicted octanol–water partition coefficient (Wildman–Crippen LogP) is 3.76. The highest BCUT2D eigenvalue weighted by Gasteiger charge is 2.31. The minimum Gasteiger partial charge on any atom is -0.454 e. The van der Waals surface area contributed by atoms with Crippen molar-refractivity contribution in [3.05, 3.63) is 45.7 Å². The molecule has 2 aromatic heterocycles. The number of carbonyl (C=O) groups excluding carboxylic acids is 1. The van der Waals surface area contributed by atoms with Crippen LogP contribution in [0.2, 0.25) is 5.02 Å². The summed E-state index contributed by atoms with van der Waals surface area (Å²) in [5.41, 5.74) is 1.93. The molecule has 5 rings (SSSR count). The number of aryl methyl sites for hydroxylation is 1. The molecule has 0 saturated carbocycles. The Morgan fingerprint density at radius 1 is 1.30 bits per heavy atom. The highest BCUT2D eigenvalue weighted by Crippen LogP contribution is 2.36. The quantitative estimate of drug-likeness (QED) is 0.560. The number of carbonyl (C=O) groups is 1. The predicted molar refractivity (Wildman–Crippen MR) is 115 cm³/mol. The monoisotopic (exact) mass is 446 g/mol. The average Bonchev–Trinajstić information content (AvgIpc) is 3.45. The van der Waals surface area contributed by atoms with E-state index < -0.39 is 0 Å². The SMILES string of the molecule is Cc1cn2cc(CN3C(=O)CC[C@@H]3CCNCc3cc4c(cc3Cl)OCO4)nc2s1. The number of rotatable bonds is 7. The first kappa shape index (κ1) is 19.7. The fourth-order valence-corrected chi connectivity index (χ4v) is 5.16. The molecule has 0 unspecified atom stereocenters. The van der Waals surface area contributed by atoms with Gasteiger partial charge in [-0.3, -0.25) is 9.20 Å². The van der Waals surface area contributed by atoms with Crippen LogP contribution in [0.15, 0.2) is 24.5 Å². The van der Waals surface area contributed by atoms with Gasteiger partial charge in [0.2, 0.25) is 12.7 Å². The number of aromatic nitrogens is 2. The van der Waals surface area contributed by atoms with Gasteiger partial charge >= 0.3 is 0 Å². The third-order valence-corrected chi connectivity index (χ3v) is 6.88. The average molecular weight is 447 g/mol. The van der Waals surface area contributed by atoms with Crippen molar-refractivity contribution in [2.24, 2.45) is 0 Å². The Bertz CT molecular complexity index is 1060. The molecule has 7 nitrogen and oxygen atoms in total. The van der Waals surface area contributed by atoms with Crippen LogP contribution in [0.5, 0.6) is 11.5 Å². The van der Waals surface area contributed by atoms with Gasteiger partial charge in [-0.1, -0.05) is 11.6 Å². The fourth-order valence-electron chi connectivity index (χ4n) is 4.11. The van der Waals surface area contributed by atoms with Gasteiger partial charge in [0.05, 0.1) is 12.2 Å². The number of imidazole rings is 1. The molecule has 1 amide bonds. The number of likely N-dealkylation sites (tertiary alicyclic amines) is 1. The number of amides is 1. The van der Waals surface area contributed by atoms with Crippen LogP contribution in [0.25, 0.3) is 4.96 Å². The Labute approximate surface area is 183 Å². The van der Waals surface area contributed by atoms with E-state index in [1.165, 1.54) is 4.88 Å². The van der Waals surface area contributed by atoms with Crippen molar-refractivity contribution < 1.29 is 14.3 Å². The molecule has 158 valence electrons.